The van der Waals surface area contributed by atoms with Crippen LogP contribution in [0.2, 0.25) is 0 Å². The van der Waals surface area contributed by atoms with Crippen molar-refractivity contribution in [2.45, 2.75) is 0 Å². The molecule has 1 aromatic carbocycles. The minimum absolute atomic E-state index is 0.131. The monoisotopic (exact) mass is 320 g/mol. The average molecular weight is 321 g/mol. The van der Waals surface area contributed by atoms with Gasteiger partial charge in [-0.1, -0.05) is 9.95 Å². The van der Waals surface area contributed by atoms with E-state index in [1.807, 2.05) is 0 Å². The molecule has 0 spiro atoms. The minimum Gasteiger partial charge on any atom is -0.357 e. The molecule has 0 aliphatic carbocycles. The lowest BCUT2D eigenvalue weighted by Crippen LogP contribution is -2.01. The topological polar surface area (TPSA) is 72.1 Å². The third kappa shape index (κ3) is 3.04. The predicted octanol–water partition coefficient (Wildman–Crippen LogP) is 2.43. The van der Waals surface area contributed by atoms with Crippen molar-refractivity contribution in [2.24, 2.45) is 0 Å². The highest BCUT2D eigenvalue weighted by molar-refractivity contribution is 9.10. The van der Waals surface area contributed by atoms with Crippen LogP contribution in [0.3, 0.4) is 0 Å². The molecule has 1 heterocycles. The van der Waals surface area contributed by atoms with Crippen molar-refractivity contribution in [1.29, 1.82) is 0 Å². The van der Waals surface area contributed by atoms with E-state index >= 15 is 0 Å². The molecule has 0 saturated heterocycles. The van der Waals surface area contributed by atoms with E-state index < -0.39 is 10.5 Å². The summed E-state index contributed by atoms with van der Waals surface area (Å²) in [5.41, 5.74) is 1.20. The number of imidazole rings is 1. The second-order valence-electron chi connectivity index (χ2n) is 3.08. The summed E-state index contributed by atoms with van der Waals surface area (Å²) in [6.45, 7) is 0. The van der Waals surface area contributed by atoms with Gasteiger partial charge in [-0.3, -0.25) is 0 Å². The van der Waals surface area contributed by atoms with Crippen LogP contribution < -0.4 is 4.18 Å². The average Bonchev–Trinajstić information content (AvgIpc) is 2.72. The Balaban J connectivity index is 2.43. The zero-order valence-corrected chi connectivity index (χ0v) is 10.6. The summed E-state index contributed by atoms with van der Waals surface area (Å²) in [4.78, 5) is 6.74. The molecule has 17 heavy (non-hydrogen) atoms. The van der Waals surface area contributed by atoms with Gasteiger partial charge >= 0.3 is 10.5 Å². The Bertz CT molecular complexity index is 628. The summed E-state index contributed by atoms with van der Waals surface area (Å²) in [7, 11) is -5.04. The number of nitrogens with one attached hydrogen (secondary N) is 1. The Morgan fingerprint density at radius 3 is 2.76 bits per heavy atom. The maximum Gasteiger partial charge on any atom is 0.488 e. The van der Waals surface area contributed by atoms with Crippen molar-refractivity contribution >= 4 is 26.4 Å². The van der Waals surface area contributed by atoms with Gasteiger partial charge in [0.05, 0.1) is 16.5 Å². The van der Waals surface area contributed by atoms with Gasteiger partial charge in [-0.25, -0.2) is 4.98 Å². The molecule has 0 aliphatic heterocycles. The Morgan fingerprint density at radius 1 is 1.41 bits per heavy atom. The first-order chi connectivity index (χ1) is 7.96. The van der Waals surface area contributed by atoms with E-state index in [4.69, 9.17) is 0 Å². The molecule has 0 radical (unpaired) electrons. The number of nitrogens with zero attached hydrogens (tertiary/aromatic N) is 1. The largest absolute Gasteiger partial charge is 0.488 e. The van der Waals surface area contributed by atoms with E-state index in [9.17, 15) is 12.3 Å². The van der Waals surface area contributed by atoms with E-state index in [0.717, 1.165) is 0 Å². The first-order valence-corrected chi connectivity index (χ1v) is 6.48. The van der Waals surface area contributed by atoms with Crippen LogP contribution in [0.1, 0.15) is 0 Å². The number of benzene rings is 1. The highest BCUT2D eigenvalue weighted by atomic mass is 79.9. The molecule has 8 heteroatoms. The molecule has 90 valence electrons. The molecule has 5 nitrogen and oxygen atoms in total. The molecule has 0 aliphatic rings. The molecule has 1 aromatic heterocycles. The maximum absolute atomic E-state index is 12.4. The van der Waals surface area contributed by atoms with Crippen LogP contribution in [0.4, 0.5) is 3.89 Å². The van der Waals surface area contributed by atoms with Crippen molar-refractivity contribution in [2.75, 3.05) is 0 Å². The summed E-state index contributed by atoms with van der Waals surface area (Å²) in [6, 6.07) is 4.61. The van der Waals surface area contributed by atoms with E-state index in [1.54, 1.807) is 18.3 Å². The summed E-state index contributed by atoms with van der Waals surface area (Å²) in [5.74, 6) is -0.131. The Labute approximate surface area is 105 Å². The van der Waals surface area contributed by atoms with Gasteiger partial charge in [-0.2, -0.15) is 8.42 Å². The zero-order chi connectivity index (χ0) is 12.5. The molecule has 0 amide bonds. The van der Waals surface area contributed by atoms with Crippen LogP contribution >= 0.6 is 15.9 Å². The normalized spacial score (nSPS) is 11.4. The van der Waals surface area contributed by atoms with Gasteiger partial charge in [-0.05, 0) is 28.1 Å². The van der Waals surface area contributed by atoms with Gasteiger partial charge in [-0.15, -0.1) is 0 Å². The fourth-order valence-corrected chi connectivity index (χ4v) is 2.04. The van der Waals surface area contributed by atoms with Crippen molar-refractivity contribution in [3.8, 4) is 17.0 Å². The van der Waals surface area contributed by atoms with Crippen molar-refractivity contribution in [1.82, 2.24) is 9.97 Å². The summed E-state index contributed by atoms with van der Waals surface area (Å²) >= 11 is 3.06. The number of hydrogen-bond donors (Lipinski definition) is 1. The SMILES string of the molecule is O=S(=O)(F)Oc1cc(-c2c[nH]cn2)ccc1Br. The summed E-state index contributed by atoms with van der Waals surface area (Å²) in [6.07, 6.45) is 3.10. The van der Waals surface area contributed by atoms with Crippen LogP contribution in [0.25, 0.3) is 11.3 Å². The molecule has 0 bridgehead atoms. The second-order valence-corrected chi connectivity index (χ2v) is 4.88. The van der Waals surface area contributed by atoms with Gasteiger partial charge in [0.2, 0.25) is 0 Å². The van der Waals surface area contributed by atoms with Gasteiger partial charge in [0.1, 0.15) is 0 Å². The van der Waals surface area contributed by atoms with E-state index in [0.29, 0.717) is 15.7 Å². The molecule has 0 atom stereocenters. The Kier molecular flexibility index (Phi) is 3.16. The fraction of sp³-hybridized carbons (Fsp3) is 0. The van der Waals surface area contributed by atoms with Crippen LogP contribution in [-0.4, -0.2) is 18.4 Å². The number of aromatic amines is 1. The van der Waals surface area contributed by atoms with Crippen molar-refractivity contribution < 1.29 is 16.5 Å². The number of H-pyrrole nitrogens is 1. The molecule has 0 saturated carbocycles. The molecule has 2 aromatic rings. The van der Waals surface area contributed by atoms with Crippen LogP contribution in [0, 0.1) is 0 Å². The fourth-order valence-electron chi connectivity index (χ4n) is 1.25. The number of rotatable bonds is 3. The molecule has 2 rings (SSSR count). The molecular formula is C9H6BrFN2O3S. The lowest BCUT2D eigenvalue weighted by molar-refractivity contribution is 0.439. The predicted molar refractivity (Wildman–Crippen MR) is 62.4 cm³/mol. The van der Waals surface area contributed by atoms with Gasteiger partial charge in [0.25, 0.3) is 0 Å². The van der Waals surface area contributed by atoms with Gasteiger partial charge < -0.3 is 9.17 Å². The zero-order valence-electron chi connectivity index (χ0n) is 8.22. The maximum atomic E-state index is 12.4. The van der Waals surface area contributed by atoms with E-state index in [-0.39, 0.29) is 5.75 Å². The minimum atomic E-state index is -5.04. The Hall–Kier alpha value is -1.41. The van der Waals surface area contributed by atoms with Crippen LogP contribution in [0.15, 0.2) is 35.2 Å². The molecule has 0 unspecified atom stereocenters. The molecule has 1 N–H and O–H groups in total. The highest BCUT2D eigenvalue weighted by Crippen LogP contribution is 2.31. The summed E-state index contributed by atoms with van der Waals surface area (Å²) < 4.78 is 37.8. The van der Waals surface area contributed by atoms with E-state index in [1.165, 1.54) is 12.4 Å². The van der Waals surface area contributed by atoms with Gasteiger partial charge in [0, 0.05) is 11.8 Å². The highest BCUT2D eigenvalue weighted by Gasteiger charge is 2.14. The number of aromatic nitrogens is 2. The second kappa shape index (κ2) is 4.46. The lowest BCUT2D eigenvalue weighted by atomic mass is 10.1. The first kappa shape index (κ1) is 12.1. The molecular weight excluding hydrogens is 315 g/mol. The Morgan fingerprint density at radius 2 is 2.18 bits per heavy atom. The third-order valence-corrected chi connectivity index (χ3v) is 2.95. The standard InChI is InChI=1S/C9H6BrFN2O3S/c10-7-2-1-6(8-4-12-5-13-8)3-9(7)16-17(11,14)15/h1-5H,(H,12,13). The molecule has 0 fully saturated rings. The smallest absolute Gasteiger partial charge is 0.357 e. The van der Waals surface area contributed by atoms with Crippen molar-refractivity contribution in [3.63, 3.8) is 0 Å². The third-order valence-electron chi connectivity index (χ3n) is 1.91. The van der Waals surface area contributed by atoms with E-state index in [2.05, 4.69) is 30.1 Å². The van der Waals surface area contributed by atoms with Gasteiger partial charge in [0.15, 0.2) is 5.75 Å². The van der Waals surface area contributed by atoms with Crippen molar-refractivity contribution in [3.05, 3.63) is 35.2 Å². The lowest BCUT2D eigenvalue weighted by Gasteiger charge is -2.04. The quantitative estimate of drug-likeness (QED) is 0.882. The van der Waals surface area contributed by atoms with Crippen LogP contribution in [0.5, 0.6) is 5.75 Å². The van der Waals surface area contributed by atoms with Crippen LogP contribution in [-0.2, 0) is 10.5 Å². The number of halogens is 2. The first-order valence-electron chi connectivity index (χ1n) is 4.38. The number of hydrogen-bond acceptors (Lipinski definition) is 4. The summed E-state index contributed by atoms with van der Waals surface area (Å²) in [5, 5.41) is 0.